The molecule has 0 aliphatic heterocycles. The van der Waals surface area contributed by atoms with Crippen LogP contribution in [0.15, 0.2) is 5.03 Å². The summed E-state index contributed by atoms with van der Waals surface area (Å²) in [5.74, 6) is 0.00538. The third-order valence-electron chi connectivity index (χ3n) is 2.64. The Morgan fingerprint density at radius 1 is 1.38 bits per heavy atom. The lowest BCUT2D eigenvalue weighted by Crippen LogP contribution is -2.16. The van der Waals surface area contributed by atoms with E-state index in [1.807, 2.05) is 0 Å². The summed E-state index contributed by atoms with van der Waals surface area (Å²) in [6.45, 7) is 5.06. The van der Waals surface area contributed by atoms with Crippen molar-refractivity contribution < 1.29 is 14.3 Å². The fraction of sp³-hybridized carbons (Fsp3) is 0.417. The molecular weight excluding hydrogens is 294 g/mol. The second-order valence-corrected chi connectivity index (χ2v) is 4.92. The number of thioether (sulfide) groups is 1. The maximum Gasteiger partial charge on any atom is 0.344 e. The highest BCUT2D eigenvalue weighted by Gasteiger charge is 2.24. The topological polar surface area (TPSA) is 98.5 Å². The van der Waals surface area contributed by atoms with E-state index in [-0.39, 0.29) is 24.0 Å². The van der Waals surface area contributed by atoms with Gasteiger partial charge >= 0.3 is 5.97 Å². The number of hydrogen-bond donors (Lipinski definition) is 1. The van der Waals surface area contributed by atoms with Crippen molar-refractivity contribution >= 4 is 35.2 Å². The summed E-state index contributed by atoms with van der Waals surface area (Å²) >= 11 is 1.27. The average molecular weight is 309 g/mol. The molecule has 0 fully saturated rings. The van der Waals surface area contributed by atoms with Crippen molar-refractivity contribution in [2.75, 3.05) is 18.2 Å². The highest BCUT2D eigenvalue weighted by atomic mass is 32.2. The first-order valence-electron chi connectivity index (χ1n) is 6.24. The largest absolute Gasteiger partial charge is 0.462 e. The average Bonchev–Trinajstić information content (AvgIpc) is 2.80. The molecule has 2 rings (SSSR count). The lowest BCUT2D eigenvalue weighted by Gasteiger charge is -2.11. The predicted molar refractivity (Wildman–Crippen MR) is 77.6 cm³/mol. The van der Waals surface area contributed by atoms with Crippen molar-refractivity contribution in [2.24, 2.45) is 0 Å². The molecule has 0 aromatic carbocycles. The van der Waals surface area contributed by atoms with Crippen LogP contribution in [0.5, 0.6) is 0 Å². The van der Waals surface area contributed by atoms with Gasteiger partial charge in [-0.2, -0.15) is 0 Å². The number of carbonyl (C=O) groups excluding carboxylic acids is 2. The van der Waals surface area contributed by atoms with Gasteiger partial charge in [0.05, 0.1) is 6.61 Å². The van der Waals surface area contributed by atoms with Crippen molar-refractivity contribution in [3.05, 3.63) is 11.4 Å². The molecule has 2 aromatic heterocycles. The number of ether oxygens (including phenoxy) is 1. The van der Waals surface area contributed by atoms with E-state index in [0.29, 0.717) is 16.5 Å². The Morgan fingerprint density at radius 2 is 2.10 bits per heavy atom. The third kappa shape index (κ3) is 2.82. The van der Waals surface area contributed by atoms with Gasteiger partial charge in [0.1, 0.15) is 16.4 Å². The van der Waals surface area contributed by atoms with Gasteiger partial charge < -0.3 is 4.74 Å². The molecule has 0 saturated carbocycles. The highest BCUT2D eigenvalue weighted by Crippen LogP contribution is 2.26. The van der Waals surface area contributed by atoms with E-state index in [0.717, 1.165) is 0 Å². The van der Waals surface area contributed by atoms with E-state index >= 15 is 0 Å². The van der Waals surface area contributed by atoms with Crippen LogP contribution in [0.25, 0.3) is 5.65 Å². The number of aromatic nitrogens is 4. The molecule has 8 nitrogen and oxygen atoms in total. The SMILES string of the molecule is CCOC(=O)c1c(SC)nc(NC(C)=O)n2c(C)nnc12. The monoisotopic (exact) mass is 309 g/mol. The molecule has 0 unspecified atom stereocenters. The zero-order valence-corrected chi connectivity index (χ0v) is 12.9. The van der Waals surface area contributed by atoms with E-state index in [2.05, 4.69) is 20.5 Å². The van der Waals surface area contributed by atoms with Crippen LogP contribution in [0.1, 0.15) is 30.0 Å². The summed E-state index contributed by atoms with van der Waals surface area (Å²) in [6, 6.07) is 0. The smallest absolute Gasteiger partial charge is 0.344 e. The van der Waals surface area contributed by atoms with E-state index in [4.69, 9.17) is 4.74 Å². The van der Waals surface area contributed by atoms with Crippen LogP contribution in [0.3, 0.4) is 0 Å². The summed E-state index contributed by atoms with van der Waals surface area (Å²) in [6.07, 6.45) is 1.78. The van der Waals surface area contributed by atoms with E-state index in [1.165, 1.54) is 23.1 Å². The standard InChI is InChI=1S/C12H15N5O3S/c1-5-20-11(19)8-9-16-15-6(2)17(9)12(13-7(3)18)14-10(8)21-4/h5H2,1-4H3,(H,13,14,18). The van der Waals surface area contributed by atoms with Gasteiger partial charge in [0.15, 0.2) is 5.65 Å². The van der Waals surface area contributed by atoms with Crippen LogP contribution < -0.4 is 5.32 Å². The van der Waals surface area contributed by atoms with Crippen LogP contribution in [0.4, 0.5) is 5.95 Å². The maximum absolute atomic E-state index is 12.1. The molecule has 1 N–H and O–H groups in total. The number of rotatable bonds is 4. The number of nitrogens with zero attached hydrogens (tertiary/aromatic N) is 4. The van der Waals surface area contributed by atoms with Crippen LogP contribution in [-0.4, -0.2) is 44.3 Å². The van der Waals surface area contributed by atoms with E-state index < -0.39 is 5.97 Å². The fourth-order valence-electron chi connectivity index (χ4n) is 1.85. The molecule has 9 heteroatoms. The molecule has 2 aromatic rings. The van der Waals surface area contributed by atoms with Crippen LogP contribution in [-0.2, 0) is 9.53 Å². The Bertz CT molecular complexity index is 712. The lowest BCUT2D eigenvalue weighted by molar-refractivity contribution is -0.114. The van der Waals surface area contributed by atoms with Gasteiger partial charge in [-0.15, -0.1) is 22.0 Å². The molecule has 1 amide bonds. The van der Waals surface area contributed by atoms with Crippen LogP contribution in [0.2, 0.25) is 0 Å². The number of nitrogens with one attached hydrogen (secondary N) is 1. The molecule has 21 heavy (non-hydrogen) atoms. The van der Waals surface area contributed by atoms with Gasteiger partial charge in [0, 0.05) is 6.92 Å². The number of hydrogen-bond acceptors (Lipinski definition) is 7. The fourth-order valence-corrected chi connectivity index (χ4v) is 2.40. The normalized spacial score (nSPS) is 10.7. The minimum Gasteiger partial charge on any atom is -0.462 e. The summed E-state index contributed by atoms with van der Waals surface area (Å²) in [5.41, 5.74) is 0.563. The molecule has 0 atom stereocenters. The third-order valence-corrected chi connectivity index (χ3v) is 3.32. The minimum absolute atomic E-state index is 0.249. The Morgan fingerprint density at radius 3 is 2.67 bits per heavy atom. The van der Waals surface area contributed by atoms with Gasteiger partial charge in [-0.05, 0) is 20.1 Å². The highest BCUT2D eigenvalue weighted by molar-refractivity contribution is 7.98. The number of anilines is 1. The number of esters is 1. The minimum atomic E-state index is -0.513. The van der Waals surface area contributed by atoms with Crippen molar-refractivity contribution in [1.82, 2.24) is 19.6 Å². The number of fused-ring (bicyclic) bond motifs is 1. The first-order chi connectivity index (χ1) is 9.99. The zero-order valence-electron chi connectivity index (χ0n) is 12.1. The van der Waals surface area contributed by atoms with Gasteiger partial charge in [-0.25, -0.2) is 14.2 Å². The van der Waals surface area contributed by atoms with E-state index in [1.54, 1.807) is 20.1 Å². The number of amides is 1. The lowest BCUT2D eigenvalue weighted by atomic mass is 10.3. The summed E-state index contributed by atoms with van der Waals surface area (Å²) < 4.78 is 6.57. The first-order valence-corrected chi connectivity index (χ1v) is 7.46. The maximum atomic E-state index is 12.1. The predicted octanol–water partition coefficient (Wildman–Crippen LogP) is 1.29. The zero-order chi connectivity index (χ0) is 15.6. The Hall–Kier alpha value is -2.16. The van der Waals surface area contributed by atoms with Crippen molar-refractivity contribution in [2.45, 2.75) is 25.8 Å². The summed E-state index contributed by atoms with van der Waals surface area (Å²) in [5, 5.41) is 11.0. The van der Waals surface area contributed by atoms with Gasteiger partial charge in [-0.3, -0.25) is 10.1 Å². The first kappa shape index (κ1) is 15.2. The molecule has 0 radical (unpaired) electrons. The van der Waals surface area contributed by atoms with Gasteiger partial charge in [0.25, 0.3) is 0 Å². The second kappa shape index (κ2) is 6.08. The second-order valence-electron chi connectivity index (χ2n) is 4.13. The Balaban J connectivity index is 2.74. The van der Waals surface area contributed by atoms with Crippen LogP contribution >= 0.6 is 11.8 Å². The molecular formula is C12H15N5O3S. The Kier molecular flexibility index (Phi) is 4.41. The molecule has 0 aliphatic rings. The van der Waals surface area contributed by atoms with Crippen molar-refractivity contribution in [3.63, 3.8) is 0 Å². The van der Waals surface area contributed by atoms with Crippen LogP contribution in [0, 0.1) is 6.92 Å². The number of carbonyl (C=O) groups is 2. The molecule has 2 heterocycles. The molecule has 0 bridgehead atoms. The van der Waals surface area contributed by atoms with E-state index in [9.17, 15) is 9.59 Å². The quantitative estimate of drug-likeness (QED) is 0.516. The molecule has 0 saturated heterocycles. The van der Waals surface area contributed by atoms with Gasteiger partial charge in [0.2, 0.25) is 11.9 Å². The van der Waals surface area contributed by atoms with Gasteiger partial charge in [-0.1, -0.05) is 0 Å². The molecule has 0 aliphatic carbocycles. The summed E-state index contributed by atoms with van der Waals surface area (Å²) in [4.78, 5) is 27.8. The number of aryl methyl sites for hydroxylation is 1. The summed E-state index contributed by atoms with van der Waals surface area (Å²) in [7, 11) is 0. The Labute approximate surface area is 125 Å². The van der Waals surface area contributed by atoms with Crippen molar-refractivity contribution in [3.8, 4) is 0 Å². The molecule has 112 valence electrons. The van der Waals surface area contributed by atoms with Crippen molar-refractivity contribution in [1.29, 1.82) is 0 Å². The molecule has 0 spiro atoms.